The Morgan fingerprint density at radius 2 is 2.14 bits per heavy atom. The van der Waals surface area contributed by atoms with Crippen LogP contribution in [0.5, 0.6) is 0 Å². The highest BCUT2D eigenvalue weighted by molar-refractivity contribution is 9.10. The van der Waals surface area contributed by atoms with Gasteiger partial charge in [-0.1, -0.05) is 35.8 Å². The zero-order valence-corrected chi connectivity index (χ0v) is 14.4. The highest BCUT2D eigenvalue weighted by Gasteiger charge is 2.07. The molecule has 0 saturated heterocycles. The van der Waals surface area contributed by atoms with Gasteiger partial charge in [0.05, 0.1) is 18.0 Å². The molecule has 0 amide bonds. The molecule has 0 aliphatic rings. The molecule has 1 aromatic heterocycles. The van der Waals surface area contributed by atoms with Crippen LogP contribution in [0.15, 0.2) is 34.9 Å². The van der Waals surface area contributed by atoms with E-state index in [2.05, 4.69) is 64.5 Å². The standard InChI is InChI=1S/C16H22BrN3O/c1-12(2)16-6-8-20(19-16)14-5-4-13(15(17)10-14)11-18-7-9-21-3/h4-6,8,10,12,18H,7,9,11H2,1-3H3. The number of nitrogens with zero attached hydrogens (tertiary/aromatic N) is 2. The molecule has 0 aliphatic carbocycles. The predicted octanol–water partition coefficient (Wildman–Crippen LogP) is 3.49. The van der Waals surface area contributed by atoms with Crippen LogP contribution in [0.3, 0.4) is 0 Å². The van der Waals surface area contributed by atoms with Crippen LogP contribution < -0.4 is 5.32 Å². The molecule has 0 spiro atoms. The SMILES string of the molecule is COCCNCc1ccc(-n2ccc(C(C)C)n2)cc1Br. The molecule has 1 N–H and O–H groups in total. The van der Waals surface area contributed by atoms with Crippen LogP contribution in [0, 0.1) is 0 Å². The van der Waals surface area contributed by atoms with E-state index in [1.807, 2.05) is 10.9 Å². The largest absolute Gasteiger partial charge is 0.383 e. The Labute approximate surface area is 134 Å². The van der Waals surface area contributed by atoms with Gasteiger partial charge in [-0.05, 0) is 29.7 Å². The Morgan fingerprint density at radius 1 is 1.33 bits per heavy atom. The summed E-state index contributed by atoms with van der Waals surface area (Å²) in [5, 5.41) is 7.95. The number of aromatic nitrogens is 2. The minimum Gasteiger partial charge on any atom is -0.383 e. The maximum absolute atomic E-state index is 5.02. The Hall–Kier alpha value is -1.17. The molecule has 0 atom stereocenters. The number of methoxy groups -OCH3 is 1. The molecule has 114 valence electrons. The van der Waals surface area contributed by atoms with Crippen LogP contribution in [0.2, 0.25) is 0 Å². The third-order valence-corrected chi connectivity index (χ3v) is 4.04. The fraction of sp³-hybridized carbons (Fsp3) is 0.438. The fourth-order valence-electron chi connectivity index (χ4n) is 2.01. The summed E-state index contributed by atoms with van der Waals surface area (Å²) in [7, 11) is 1.71. The van der Waals surface area contributed by atoms with Crippen LogP contribution in [-0.2, 0) is 11.3 Å². The second-order valence-electron chi connectivity index (χ2n) is 5.29. The Balaban J connectivity index is 2.07. The van der Waals surface area contributed by atoms with Crippen molar-refractivity contribution in [2.24, 2.45) is 0 Å². The van der Waals surface area contributed by atoms with Gasteiger partial charge in [-0.25, -0.2) is 4.68 Å². The van der Waals surface area contributed by atoms with E-state index < -0.39 is 0 Å². The normalized spacial score (nSPS) is 11.3. The van der Waals surface area contributed by atoms with E-state index in [1.54, 1.807) is 7.11 Å². The average molecular weight is 352 g/mol. The summed E-state index contributed by atoms with van der Waals surface area (Å²) in [5.41, 5.74) is 3.40. The van der Waals surface area contributed by atoms with E-state index in [9.17, 15) is 0 Å². The van der Waals surface area contributed by atoms with E-state index in [1.165, 1.54) is 5.56 Å². The van der Waals surface area contributed by atoms with E-state index in [-0.39, 0.29) is 0 Å². The smallest absolute Gasteiger partial charge is 0.0657 e. The zero-order chi connectivity index (χ0) is 15.2. The van der Waals surface area contributed by atoms with Gasteiger partial charge < -0.3 is 10.1 Å². The van der Waals surface area contributed by atoms with Crippen LogP contribution in [0.4, 0.5) is 0 Å². The molecular formula is C16H22BrN3O. The molecule has 0 fully saturated rings. The van der Waals surface area contributed by atoms with Gasteiger partial charge in [-0.2, -0.15) is 5.10 Å². The lowest BCUT2D eigenvalue weighted by Crippen LogP contribution is -2.18. The van der Waals surface area contributed by atoms with Gasteiger partial charge in [0.25, 0.3) is 0 Å². The van der Waals surface area contributed by atoms with Gasteiger partial charge in [0, 0.05) is 30.9 Å². The maximum Gasteiger partial charge on any atom is 0.0657 e. The van der Waals surface area contributed by atoms with Gasteiger partial charge in [-0.15, -0.1) is 0 Å². The summed E-state index contributed by atoms with van der Waals surface area (Å²) in [6.45, 7) is 6.69. The zero-order valence-electron chi connectivity index (χ0n) is 12.8. The molecule has 5 heteroatoms. The lowest BCUT2D eigenvalue weighted by Gasteiger charge is -2.09. The highest BCUT2D eigenvalue weighted by Crippen LogP contribution is 2.21. The van der Waals surface area contributed by atoms with Crippen LogP contribution in [0.1, 0.15) is 31.0 Å². The monoisotopic (exact) mass is 351 g/mol. The summed E-state index contributed by atoms with van der Waals surface area (Å²) >= 11 is 3.64. The van der Waals surface area contributed by atoms with Crippen molar-refractivity contribution in [3.05, 3.63) is 46.2 Å². The number of hydrogen-bond donors (Lipinski definition) is 1. The average Bonchev–Trinajstić information content (AvgIpc) is 2.95. The van der Waals surface area contributed by atoms with Gasteiger partial charge in [-0.3, -0.25) is 0 Å². The van der Waals surface area contributed by atoms with Crippen molar-refractivity contribution in [3.63, 3.8) is 0 Å². The molecule has 1 heterocycles. The van der Waals surface area contributed by atoms with Crippen molar-refractivity contribution >= 4 is 15.9 Å². The first-order valence-corrected chi connectivity index (χ1v) is 7.95. The molecule has 0 unspecified atom stereocenters. The van der Waals surface area contributed by atoms with E-state index in [4.69, 9.17) is 4.74 Å². The summed E-state index contributed by atoms with van der Waals surface area (Å²) in [5.74, 6) is 0.443. The molecule has 21 heavy (non-hydrogen) atoms. The van der Waals surface area contributed by atoms with Crippen molar-refractivity contribution in [3.8, 4) is 5.69 Å². The Kier molecular flexibility index (Phi) is 5.96. The topological polar surface area (TPSA) is 39.1 Å². The number of hydrogen-bond acceptors (Lipinski definition) is 3. The molecule has 2 aromatic rings. The number of nitrogens with one attached hydrogen (secondary N) is 1. The van der Waals surface area contributed by atoms with Crippen LogP contribution >= 0.6 is 15.9 Å². The van der Waals surface area contributed by atoms with Crippen LogP contribution in [-0.4, -0.2) is 30.0 Å². The molecule has 0 radical (unpaired) electrons. The van der Waals surface area contributed by atoms with Crippen molar-refractivity contribution in [1.82, 2.24) is 15.1 Å². The fourth-order valence-corrected chi connectivity index (χ4v) is 2.52. The van der Waals surface area contributed by atoms with Crippen molar-refractivity contribution < 1.29 is 4.74 Å². The number of ether oxygens (including phenoxy) is 1. The van der Waals surface area contributed by atoms with Gasteiger partial charge >= 0.3 is 0 Å². The van der Waals surface area contributed by atoms with Crippen LogP contribution in [0.25, 0.3) is 5.69 Å². The molecule has 4 nitrogen and oxygen atoms in total. The van der Waals surface area contributed by atoms with Crippen molar-refractivity contribution in [1.29, 1.82) is 0 Å². The maximum atomic E-state index is 5.02. The first kappa shape index (κ1) is 16.2. The van der Waals surface area contributed by atoms with Crippen molar-refractivity contribution in [2.75, 3.05) is 20.3 Å². The first-order valence-electron chi connectivity index (χ1n) is 7.16. The molecule has 0 bridgehead atoms. The second kappa shape index (κ2) is 7.73. The lowest BCUT2D eigenvalue weighted by atomic mass is 10.1. The lowest BCUT2D eigenvalue weighted by molar-refractivity contribution is 0.199. The third-order valence-electron chi connectivity index (χ3n) is 3.30. The quantitative estimate of drug-likeness (QED) is 0.776. The van der Waals surface area contributed by atoms with Crippen molar-refractivity contribution in [2.45, 2.75) is 26.3 Å². The number of benzene rings is 1. The Morgan fingerprint density at radius 3 is 2.76 bits per heavy atom. The summed E-state index contributed by atoms with van der Waals surface area (Å²) in [6, 6.07) is 8.38. The number of halogens is 1. The molecular weight excluding hydrogens is 330 g/mol. The van der Waals surface area contributed by atoms with Gasteiger partial charge in [0.2, 0.25) is 0 Å². The first-order chi connectivity index (χ1) is 10.1. The minimum absolute atomic E-state index is 0.443. The minimum atomic E-state index is 0.443. The summed E-state index contributed by atoms with van der Waals surface area (Å²) < 4.78 is 8.03. The number of rotatable bonds is 7. The molecule has 0 saturated carbocycles. The molecule has 2 rings (SSSR count). The molecule has 0 aliphatic heterocycles. The summed E-state index contributed by atoms with van der Waals surface area (Å²) in [4.78, 5) is 0. The third kappa shape index (κ3) is 4.40. The van der Waals surface area contributed by atoms with E-state index >= 15 is 0 Å². The van der Waals surface area contributed by atoms with E-state index in [0.29, 0.717) is 5.92 Å². The van der Waals surface area contributed by atoms with E-state index in [0.717, 1.165) is 35.6 Å². The van der Waals surface area contributed by atoms with Gasteiger partial charge in [0.1, 0.15) is 0 Å². The van der Waals surface area contributed by atoms with Gasteiger partial charge in [0.15, 0.2) is 0 Å². The Bertz CT molecular complexity index is 581. The molecule has 1 aromatic carbocycles. The second-order valence-corrected chi connectivity index (χ2v) is 6.14. The predicted molar refractivity (Wildman–Crippen MR) is 88.9 cm³/mol. The highest BCUT2D eigenvalue weighted by atomic mass is 79.9. The summed E-state index contributed by atoms with van der Waals surface area (Å²) in [6.07, 6.45) is 2.01.